The van der Waals surface area contributed by atoms with Crippen LogP contribution in [-0.4, -0.2) is 25.0 Å². The van der Waals surface area contributed by atoms with Crippen LogP contribution < -0.4 is 5.32 Å². The van der Waals surface area contributed by atoms with Crippen molar-refractivity contribution in [3.05, 3.63) is 144 Å². The fourth-order valence-electron chi connectivity index (χ4n) is 4.33. The molecule has 0 aliphatic rings. The van der Waals surface area contributed by atoms with Crippen LogP contribution in [0.3, 0.4) is 0 Å². The number of rotatable bonds is 8. The van der Waals surface area contributed by atoms with Gasteiger partial charge in [0.25, 0.3) is 0 Å². The summed E-state index contributed by atoms with van der Waals surface area (Å²) < 4.78 is 5.17. The van der Waals surface area contributed by atoms with Crippen LogP contribution in [0.15, 0.2) is 121 Å². The van der Waals surface area contributed by atoms with Gasteiger partial charge in [-0.25, -0.2) is 4.79 Å². The molecule has 1 N–H and O–H groups in total. The predicted octanol–water partition coefficient (Wildman–Crippen LogP) is 5.31. The van der Waals surface area contributed by atoms with Crippen LogP contribution in [0.4, 0.5) is 0 Å². The van der Waals surface area contributed by atoms with Crippen LogP contribution in [0.2, 0.25) is 0 Å². The molecule has 0 fully saturated rings. The SMILES string of the molecule is COC(=O)[C@H](NC(=O)C(c1ccccc1)c1ccccc1)C(c1ccccc1)c1ccccc1. The van der Waals surface area contributed by atoms with Crippen LogP contribution in [0.25, 0.3) is 0 Å². The minimum atomic E-state index is -0.905. The molecule has 4 aromatic carbocycles. The number of hydrogen-bond donors (Lipinski definition) is 1. The monoisotopic (exact) mass is 449 g/mol. The number of amides is 1. The van der Waals surface area contributed by atoms with Crippen molar-refractivity contribution in [3.8, 4) is 0 Å². The third-order valence-corrected chi connectivity index (χ3v) is 5.93. The highest BCUT2D eigenvalue weighted by Gasteiger charge is 2.35. The minimum absolute atomic E-state index is 0.260. The Labute approximate surface area is 200 Å². The molecule has 0 aromatic heterocycles. The van der Waals surface area contributed by atoms with Gasteiger partial charge >= 0.3 is 5.97 Å². The van der Waals surface area contributed by atoms with Crippen LogP contribution in [-0.2, 0) is 14.3 Å². The largest absolute Gasteiger partial charge is 0.467 e. The lowest BCUT2D eigenvalue weighted by atomic mass is 9.84. The first-order valence-corrected chi connectivity index (χ1v) is 11.3. The number of carbonyl (C=O) groups excluding carboxylic acids is 2. The van der Waals surface area contributed by atoms with Crippen LogP contribution in [0, 0.1) is 0 Å². The molecule has 34 heavy (non-hydrogen) atoms. The molecule has 4 heteroatoms. The van der Waals surface area contributed by atoms with Crippen LogP contribution in [0.1, 0.15) is 34.1 Å². The van der Waals surface area contributed by atoms with Gasteiger partial charge in [0.05, 0.1) is 13.0 Å². The van der Waals surface area contributed by atoms with E-state index in [1.807, 2.05) is 121 Å². The van der Waals surface area contributed by atoms with Gasteiger partial charge in [-0.3, -0.25) is 4.79 Å². The van der Waals surface area contributed by atoms with E-state index in [0.717, 1.165) is 22.3 Å². The van der Waals surface area contributed by atoms with Gasteiger partial charge in [0.2, 0.25) is 5.91 Å². The topological polar surface area (TPSA) is 55.4 Å². The summed E-state index contributed by atoms with van der Waals surface area (Å²) in [4.78, 5) is 26.9. The maximum Gasteiger partial charge on any atom is 0.329 e. The van der Waals surface area contributed by atoms with Crippen molar-refractivity contribution < 1.29 is 14.3 Å². The highest BCUT2D eigenvalue weighted by atomic mass is 16.5. The summed E-state index contributed by atoms with van der Waals surface area (Å²) >= 11 is 0. The molecule has 4 nitrogen and oxygen atoms in total. The van der Waals surface area contributed by atoms with Crippen molar-refractivity contribution >= 4 is 11.9 Å². The van der Waals surface area contributed by atoms with E-state index in [2.05, 4.69) is 5.32 Å². The molecular formula is C30H27NO3. The number of carbonyl (C=O) groups is 2. The number of esters is 1. The molecule has 0 heterocycles. The third kappa shape index (κ3) is 5.24. The number of hydrogen-bond acceptors (Lipinski definition) is 3. The maximum absolute atomic E-state index is 13.8. The van der Waals surface area contributed by atoms with Gasteiger partial charge in [0.15, 0.2) is 0 Å². The van der Waals surface area contributed by atoms with Crippen molar-refractivity contribution in [2.24, 2.45) is 0 Å². The molecule has 0 saturated heterocycles. The molecule has 1 amide bonds. The summed E-state index contributed by atoms with van der Waals surface area (Å²) in [5.41, 5.74) is 3.54. The van der Waals surface area contributed by atoms with Gasteiger partial charge in [-0.1, -0.05) is 121 Å². The zero-order valence-corrected chi connectivity index (χ0v) is 19.0. The molecule has 4 rings (SSSR count). The fraction of sp³-hybridized carbons (Fsp3) is 0.133. The third-order valence-electron chi connectivity index (χ3n) is 5.93. The first kappa shape index (κ1) is 23.0. The smallest absolute Gasteiger partial charge is 0.329 e. The van der Waals surface area contributed by atoms with E-state index >= 15 is 0 Å². The summed E-state index contributed by atoms with van der Waals surface area (Å²) in [5, 5.41) is 3.05. The van der Waals surface area contributed by atoms with E-state index in [-0.39, 0.29) is 5.91 Å². The summed E-state index contributed by atoms with van der Waals surface area (Å²) in [5.74, 6) is -1.73. The summed E-state index contributed by atoms with van der Waals surface area (Å²) in [6.45, 7) is 0. The Bertz CT molecular complexity index is 1120. The van der Waals surface area contributed by atoms with E-state index in [1.165, 1.54) is 7.11 Å². The Kier molecular flexibility index (Phi) is 7.51. The van der Waals surface area contributed by atoms with Gasteiger partial charge in [-0.15, -0.1) is 0 Å². The van der Waals surface area contributed by atoms with Crippen molar-refractivity contribution in [2.45, 2.75) is 17.9 Å². The molecule has 0 aliphatic heterocycles. The first-order valence-electron chi connectivity index (χ1n) is 11.3. The second kappa shape index (κ2) is 11.1. The molecule has 0 bridgehead atoms. The van der Waals surface area contributed by atoms with E-state index in [4.69, 9.17) is 4.74 Å². The Morgan fingerprint density at radius 1 is 0.588 bits per heavy atom. The minimum Gasteiger partial charge on any atom is -0.467 e. The van der Waals surface area contributed by atoms with E-state index in [1.54, 1.807) is 0 Å². The molecule has 1 atom stereocenters. The molecule has 0 radical (unpaired) electrons. The number of ether oxygens (including phenoxy) is 1. The lowest BCUT2D eigenvalue weighted by Gasteiger charge is -2.29. The molecular weight excluding hydrogens is 422 g/mol. The van der Waals surface area contributed by atoms with Gasteiger partial charge in [0, 0.05) is 5.92 Å². The van der Waals surface area contributed by atoms with Gasteiger partial charge in [-0.2, -0.15) is 0 Å². The van der Waals surface area contributed by atoms with Crippen molar-refractivity contribution in [3.63, 3.8) is 0 Å². The lowest BCUT2D eigenvalue weighted by molar-refractivity contribution is -0.145. The summed E-state index contributed by atoms with van der Waals surface area (Å²) in [7, 11) is 1.35. The Hall–Kier alpha value is -4.18. The fourth-order valence-corrected chi connectivity index (χ4v) is 4.33. The predicted molar refractivity (Wildman–Crippen MR) is 133 cm³/mol. The summed E-state index contributed by atoms with van der Waals surface area (Å²) in [6, 6.07) is 37.7. The molecule has 0 aliphatic carbocycles. The van der Waals surface area contributed by atoms with Gasteiger partial charge < -0.3 is 10.1 Å². The molecule has 0 spiro atoms. The molecule has 170 valence electrons. The Morgan fingerprint density at radius 2 is 0.941 bits per heavy atom. The zero-order chi connectivity index (χ0) is 23.8. The quantitative estimate of drug-likeness (QED) is 0.371. The highest BCUT2D eigenvalue weighted by Crippen LogP contribution is 2.31. The Balaban J connectivity index is 1.76. The number of nitrogens with one attached hydrogen (secondary N) is 1. The molecule has 4 aromatic rings. The van der Waals surface area contributed by atoms with E-state index in [9.17, 15) is 9.59 Å². The lowest BCUT2D eigenvalue weighted by Crippen LogP contribution is -2.47. The highest BCUT2D eigenvalue weighted by molar-refractivity contribution is 5.91. The average Bonchev–Trinajstić information content (AvgIpc) is 2.90. The average molecular weight is 450 g/mol. The van der Waals surface area contributed by atoms with Crippen LogP contribution in [0.5, 0.6) is 0 Å². The zero-order valence-electron chi connectivity index (χ0n) is 19.0. The van der Waals surface area contributed by atoms with Crippen molar-refractivity contribution in [2.75, 3.05) is 7.11 Å². The van der Waals surface area contributed by atoms with Gasteiger partial charge in [0.1, 0.15) is 6.04 Å². The number of benzene rings is 4. The van der Waals surface area contributed by atoms with E-state index in [0.29, 0.717) is 0 Å². The standard InChI is InChI=1S/C30H27NO3/c1-34-30(33)28(26(22-14-6-2-7-15-22)23-16-8-3-9-17-23)31-29(32)27(24-18-10-4-11-19-24)25-20-12-5-13-21-25/h2-21,26-28H,1H3,(H,31,32)/t28-/m1/s1. The first-order chi connectivity index (χ1) is 16.7. The molecule has 0 saturated carbocycles. The maximum atomic E-state index is 13.8. The van der Waals surface area contributed by atoms with Crippen LogP contribution >= 0.6 is 0 Å². The van der Waals surface area contributed by atoms with Crippen molar-refractivity contribution in [1.82, 2.24) is 5.32 Å². The van der Waals surface area contributed by atoms with E-state index < -0.39 is 23.8 Å². The second-order valence-corrected chi connectivity index (χ2v) is 8.06. The number of methoxy groups -OCH3 is 1. The van der Waals surface area contributed by atoms with Crippen molar-refractivity contribution in [1.29, 1.82) is 0 Å². The van der Waals surface area contributed by atoms with Gasteiger partial charge in [-0.05, 0) is 22.3 Å². The Morgan fingerprint density at radius 3 is 1.29 bits per heavy atom. The summed E-state index contributed by atoms with van der Waals surface area (Å²) in [6.07, 6.45) is 0. The second-order valence-electron chi connectivity index (χ2n) is 8.06. The molecule has 0 unspecified atom stereocenters. The normalized spacial score (nSPS) is 11.7.